The van der Waals surface area contributed by atoms with Crippen LogP contribution >= 0.6 is 0 Å². The first-order valence-electron chi connectivity index (χ1n) is 14.6. The van der Waals surface area contributed by atoms with Crippen LogP contribution in [0, 0.1) is 11.8 Å². The number of esters is 1. The van der Waals surface area contributed by atoms with Crippen molar-refractivity contribution in [1.82, 2.24) is 9.47 Å². The van der Waals surface area contributed by atoms with Crippen molar-refractivity contribution in [2.75, 3.05) is 25.1 Å². The molecular weight excluding hydrogens is 523 g/mol. The van der Waals surface area contributed by atoms with Crippen molar-refractivity contribution in [3.8, 4) is 0 Å². The van der Waals surface area contributed by atoms with E-state index in [4.69, 9.17) is 10.5 Å². The van der Waals surface area contributed by atoms with Gasteiger partial charge in [-0.05, 0) is 74.8 Å². The lowest BCUT2D eigenvalue weighted by atomic mass is 9.78. The van der Waals surface area contributed by atoms with Gasteiger partial charge < -0.3 is 25.3 Å². The number of anilines is 1. The quantitative estimate of drug-likeness (QED) is 0.385. The molecular formula is C32H39FN4O4. The molecule has 1 saturated heterocycles. The van der Waals surface area contributed by atoms with Crippen LogP contribution in [0.25, 0.3) is 10.9 Å². The van der Waals surface area contributed by atoms with E-state index in [-0.39, 0.29) is 36.2 Å². The number of benzene rings is 2. The molecule has 1 unspecified atom stereocenters. The summed E-state index contributed by atoms with van der Waals surface area (Å²) in [5.41, 5.74) is 8.83. The number of rotatable bonds is 8. The Morgan fingerprint density at radius 3 is 2.46 bits per heavy atom. The van der Waals surface area contributed by atoms with E-state index in [1.165, 1.54) is 0 Å². The van der Waals surface area contributed by atoms with Gasteiger partial charge in [-0.25, -0.2) is 9.18 Å². The largest absolute Gasteiger partial charge is 0.461 e. The molecule has 3 N–H and O–H groups in total. The molecule has 2 heterocycles. The van der Waals surface area contributed by atoms with E-state index in [0.717, 1.165) is 29.3 Å². The number of alkyl halides is 1. The Balaban J connectivity index is 1.37. The van der Waals surface area contributed by atoms with Crippen LogP contribution in [0.5, 0.6) is 0 Å². The normalized spacial score (nSPS) is 23.4. The second-order valence-corrected chi connectivity index (χ2v) is 11.3. The summed E-state index contributed by atoms with van der Waals surface area (Å²) in [7, 11) is 1.80. The first-order valence-corrected chi connectivity index (χ1v) is 14.6. The summed E-state index contributed by atoms with van der Waals surface area (Å²) < 4.78 is 20.0. The Hall–Kier alpha value is -3.72. The summed E-state index contributed by atoms with van der Waals surface area (Å²) in [5, 5.41) is 3.86. The summed E-state index contributed by atoms with van der Waals surface area (Å²) >= 11 is 0. The number of hydrogen-bond donors (Lipinski definition) is 2. The minimum Gasteiger partial charge on any atom is -0.461 e. The van der Waals surface area contributed by atoms with Crippen molar-refractivity contribution in [3.05, 3.63) is 65.9 Å². The van der Waals surface area contributed by atoms with Gasteiger partial charge in [0.25, 0.3) is 0 Å². The van der Waals surface area contributed by atoms with Crippen LogP contribution in [0.3, 0.4) is 0 Å². The minimum absolute atomic E-state index is 0.00607. The number of aromatic nitrogens is 1. The highest BCUT2D eigenvalue weighted by atomic mass is 19.1. The molecule has 218 valence electrons. The molecule has 3 atom stereocenters. The lowest BCUT2D eigenvalue weighted by molar-refractivity contribution is -0.141. The summed E-state index contributed by atoms with van der Waals surface area (Å²) in [4.78, 5) is 41.9. The molecule has 9 heteroatoms. The molecule has 0 radical (unpaired) electrons. The van der Waals surface area contributed by atoms with Crippen molar-refractivity contribution in [2.45, 2.75) is 57.0 Å². The first-order chi connectivity index (χ1) is 19.8. The molecule has 8 nitrogen and oxygen atoms in total. The Bertz CT molecular complexity index is 1400. The number of carbonyl (C=O) groups excluding carboxylic acids is 3. The molecule has 0 spiro atoms. The van der Waals surface area contributed by atoms with Gasteiger partial charge in [0.15, 0.2) is 0 Å². The number of carbonyl (C=O) groups is 3. The van der Waals surface area contributed by atoms with Gasteiger partial charge in [0.2, 0.25) is 11.8 Å². The lowest BCUT2D eigenvalue weighted by Crippen LogP contribution is -2.48. The van der Waals surface area contributed by atoms with Gasteiger partial charge in [0.05, 0.1) is 6.61 Å². The van der Waals surface area contributed by atoms with E-state index in [1.54, 1.807) is 29.5 Å². The number of nitrogens with one attached hydrogen (secondary N) is 1. The molecule has 2 fully saturated rings. The van der Waals surface area contributed by atoms with Crippen LogP contribution < -0.4 is 11.1 Å². The lowest BCUT2D eigenvalue weighted by Gasteiger charge is -2.35. The molecule has 2 aliphatic rings. The average Bonchev–Trinajstić information content (AvgIpc) is 3.58. The van der Waals surface area contributed by atoms with E-state index in [2.05, 4.69) is 5.32 Å². The van der Waals surface area contributed by atoms with Gasteiger partial charge in [0, 0.05) is 48.1 Å². The van der Waals surface area contributed by atoms with E-state index in [0.29, 0.717) is 37.2 Å². The third-order valence-electron chi connectivity index (χ3n) is 8.88. The molecule has 1 aliphatic heterocycles. The monoisotopic (exact) mass is 562 g/mol. The number of hydrogen-bond acceptors (Lipinski definition) is 5. The number of fused-ring (bicyclic) bond motifs is 1. The average molecular weight is 563 g/mol. The first kappa shape index (κ1) is 28.8. The van der Waals surface area contributed by atoms with Gasteiger partial charge in [-0.1, -0.05) is 30.3 Å². The molecule has 2 amide bonds. The van der Waals surface area contributed by atoms with Crippen molar-refractivity contribution < 1.29 is 23.5 Å². The predicted molar refractivity (Wildman–Crippen MR) is 156 cm³/mol. The minimum atomic E-state index is -0.655. The summed E-state index contributed by atoms with van der Waals surface area (Å²) in [5.74, 6) is -0.872. The number of amides is 2. The summed E-state index contributed by atoms with van der Waals surface area (Å²) in [6.07, 6.45) is 3.45. The maximum absolute atomic E-state index is 13.9. The van der Waals surface area contributed by atoms with Crippen LogP contribution in [-0.2, 0) is 21.4 Å². The Morgan fingerprint density at radius 1 is 1.05 bits per heavy atom. The van der Waals surface area contributed by atoms with Gasteiger partial charge in [0.1, 0.15) is 18.4 Å². The van der Waals surface area contributed by atoms with Crippen LogP contribution in [-0.4, -0.2) is 59.2 Å². The zero-order valence-corrected chi connectivity index (χ0v) is 23.7. The molecule has 1 aliphatic carbocycles. The summed E-state index contributed by atoms with van der Waals surface area (Å²) in [6.45, 7) is 2.00. The smallest absolute Gasteiger partial charge is 0.354 e. The molecule has 1 saturated carbocycles. The van der Waals surface area contributed by atoms with Gasteiger partial charge in [-0.15, -0.1) is 0 Å². The third-order valence-corrected chi connectivity index (χ3v) is 8.88. The molecule has 0 bridgehead atoms. The fraction of sp³-hybridized carbons (Fsp3) is 0.469. The van der Waals surface area contributed by atoms with Crippen LogP contribution in [0.1, 0.15) is 61.0 Å². The number of ether oxygens (including phenoxy) is 1. The third kappa shape index (κ3) is 5.86. The standard InChI is InChI=1S/C32H39FN4O4/c1-3-41-32(40)28-18-23-17-24(13-14-27(23)36(28)2)35-30(38)29-25(20-7-5-4-6-8-20)15-16-37(29)31(39)22-11-9-21(10-12-22)26(34)19-33/h4-8,13-14,17-18,21-22,25-26,29H,3,9-12,15-16,19,34H2,1-2H3,(H,35,38)/t21-,22-,25-,26?,29-/m0/s1. The highest BCUT2D eigenvalue weighted by molar-refractivity contribution is 6.01. The van der Waals surface area contributed by atoms with E-state index >= 15 is 0 Å². The topological polar surface area (TPSA) is 107 Å². The SMILES string of the molecule is CCOC(=O)c1cc2cc(NC(=O)[C@@H]3[C@H](c4ccccc4)CCN3C(=O)[C@H]3CC[C@H](C(N)CF)CC3)ccc2n1C. The van der Waals surface area contributed by atoms with E-state index in [1.807, 2.05) is 48.5 Å². The predicted octanol–water partition coefficient (Wildman–Crippen LogP) is 4.78. The Kier molecular flexibility index (Phi) is 8.73. The van der Waals surface area contributed by atoms with E-state index < -0.39 is 24.7 Å². The van der Waals surface area contributed by atoms with Crippen molar-refractivity contribution in [2.24, 2.45) is 24.6 Å². The number of halogens is 1. The molecule has 5 rings (SSSR count). The number of nitrogens with two attached hydrogens (primary N) is 1. The van der Waals surface area contributed by atoms with Gasteiger partial charge in [-0.3, -0.25) is 9.59 Å². The number of likely N-dealkylation sites (tertiary alicyclic amines) is 1. The highest BCUT2D eigenvalue weighted by Crippen LogP contribution is 2.38. The molecule has 1 aromatic heterocycles. The van der Waals surface area contributed by atoms with Gasteiger partial charge in [-0.2, -0.15) is 0 Å². The Morgan fingerprint density at radius 2 is 1.78 bits per heavy atom. The van der Waals surface area contributed by atoms with Crippen LogP contribution in [0.4, 0.5) is 10.1 Å². The zero-order chi connectivity index (χ0) is 29.1. The Labute approximate surface area is 240 Å². The second-order valence-electron chi connectivity index (χ2n) is 11.3. The molecule has 3 aromatic rings. The fourth-order valence-electron chi connectivity index (χ4n) is 6.61. The van der Waals surface area contributed by atoms with Crippen molar-refractivity contribution in [3.63, 3.8) is 0 Å². The maximum atomic E-state index is 13.9. The highest BCUT2D eigenvalue weighted by Gasteiger charge is 2.44. The van der Waals surface area contributed by atoms with Crippen LogP contribution in [0.15, 0.2) is 54.6 Å². The molecule has 2 aromatic carbocycles. The van der Waals surface area contributed by atoms with Gasteiger partial charge >= 0.3 is 5.97 Å². The molecule has 41 heavy (non-hydrogen) atoms. The maximum Gasteiger partial charge on any atom is 0.354 e. The van der Waals surface area contributed by atoms with Crippen molar-refractivity contribution >= 4 is 34.4 Å². The fourth-order valence-corrected chi connectivity index (χ4v) is 6.61. The van der Waals surface area contributed by atoms with Crippen molar-refractivity contribution in [1.29, 1.82) is 0 Å². The summed E-state index contributed by atoms with van der Waals surface area (Å²) in [6, 6.07) is 16.0. The second kappa shape index (κ2) is 12.4. The number of nitrogens with zero attached hydrogens (tertiary/aromatic N) is 2. The van der Waals surface area contributed by atoms with Crippen LogP contribution in [0.2, 0.25) is 0 Å². The van der Waals surface area contributed by atoms with E-state index in [9.17, 15) is 18.8 Å². The number of aryl methyl sites for hydroxylation is 1. The zero-order valence-electron chi connectivity index (χ0n) is 23.7.